The van der Waals surface area contributed by atoms with E-state index in [9.17, 15) is 9.59 Å². The minimum Gasteiger partial charge on any atom is -0.465 e. The first-order chi connectivity index (χ1) is 16.9. The van der Waals surface area contributed by atoms with E-state index in [0.717, 1.165) is 29.7 Å². The molecule has 2 aromatic heterocycles. The zero-order chi connectivity index (χ0) is 24.6. The molecule has 35 heavy (non-hydrogen) atoms. The summed E-state index contributed by atoms with van der Waals surface area (Å²) in [6.45, 7) is 1.42. The molecule has 1 fully saturated rings. The van der Waals surface area contributed by atoms with Gasteiger partial charge in [0.1, 0.15) is 23.3 Å². The lowest BCUT2D eigenvalue weighted by atomic mass is 9.85. The van der Waals surface area contributed by atoms with Crippen LogP contribution in [0.4, 0.5) is 11.5 Å². The number of fused-ring (bicyclic) bond motifs is 3. The second-order valence-electron chi connectivity index (χ2n) is 9.65. The Bertz CT molecular complexity index is 1260. The molecule has 1 saturated heterocycles. The van der Waals surface area contributed by atoms with Crippen molar-refractivity contribution >= 4 is 34.4 Å². The number of carbonyl (C=O) groups is 2. The molecule has 2 N–H and O–H groups in total. The molecule has 1 amide bonds. The summed E-state index contributed by atoms with van der Waals surface area (Å²) in [5, 5.41) is 4.18. The Morgan fingerprint density at radius 3 is 2.66 bits per heavy atom. The minimum absolute atomic E-state index is 0.0731. The van der Waals surface area contributed by atoms with Gasteiger partial charge >= 0.3 is 5.97 Å². The number of anilines is 2. The van der Waals surface area contributed by atoms with Gasteiger partial charge in [-0.3, -0.25) is 9.69 Å². The summed E-state index contributed by atoms with van der Waals surface area (Å²) >= 11 is 0. The van der Waals surface area contributed by atoms with Gasteiger partial charge in [0, 0.05) is 24.5 Å². The van der Waals surface area contributed by atoms with Crippen LogP contribution < -0.4 is 10.2 Å². The monoisotopic (exact) mass is 476 g/mol. The fourth-order valence-electron chi connectivity index (χ4n) is 5.51. The fraction of sp³-hybridized carbons (Fsp3) is 0.462. The molecular weight excluding hydrogens is 444 g/mol. The minimum atomic E-state index is -0.665. The molecule has 2 aliphatic rings. The van der Waals surface area contributed by atoms with Gasteiger partial charge in [-0.1, -0.05) is 6.07 Å². The largest absolute Gasteiger partial charge is 0.465 e. The van der Waals surface area contributed by atoms with E-state index >= 15 is 0 Å². The molecule has 1 aliphatic heterocycles. The first kappa shape index (κ1) is 23.3. The summed E-state index contributed by atoms with van der Waals surface area (Å²) < 4.78 is 4.81. The van der Waals surface area contributed by atoms with Crippen molar-refractivity contribution in [3.05, 3.63) is 47.4 Å². The third-order valence-electron chi connectivity index (χ3n) is 7.58. The van der Waals surface area contributed by atoms with Crippen molar-refractivity contribution in [3.63, 3.8) is 0 Å². The number of hydrogen-bond donors (Lipinski definition) is 2. The van der Waals surface area contributed by atoms with Crippen LogP contribution in [-0.4, -0.2) is 71.6 Å². The molecule has 0 spiro atoms. The predicted octanol–water partition coefficient (Wildman–Crippen LogP) is 3.16. The quantitative estimate of drug-likeness (QED) is 0.545. The van der Waals surface area contributed by atoms with Crippen LogP contribution in [0.15, 0.2) is 30.6 Å². The van der Waals surface area contributed by atoms with E-state index in [1.807, 2.05) is 19.0 Å². The number of likely N-dealkylation sites (N-methyl/N-ethyl adjacent to an activating group) is 1. The molecule has 1 aromatic carbocycles. The number of aromatic amines is 1. The van der Waals surface area contributed by atoms with Crippen molar-refractivity contribution in [1.29, 1.82) is 0 Å². The molecule has 0 saturated carbocycles. The average Bonchev–Trinajstić information content (AvgIpc) is 3.27. The Balaban J connectivity index is 1.37. The zero-order valence-electron chi connectivity index (χ0n) is 20.6. The van der Waals surface area contributed by atoms with Crippen molar-refractivity contribution in [2.75, 3.05) is 44.5 Å². The molecule has 9 nitrogen and oxygen atoms in total. The highest BCUT2D eigenvalue weighted by Gasteiger charge is 2.44. The van der Waals surface area contributed by atoms with Gasteiger partial charge in [0.05, 0.1) is 18.1 Å². The number of esters is 1. The van der Waals surface area contributed by atoms with Gasteiger partial charge < -0.3 is 19.9 Å². The van der Waals surface area contributed by atoms with Crippen molar-refractivity contribution < 1.29 is 14.3 Å². The second kappa shape index (κ2) is 9.30. The normalized spacial score (nSPS) is 17.3. The van der Waals surface area contributed by atoms with Gasteiger partial charge in [-0.05, 0) is 76.4 Å². The van der Waals surface area contributed by atoms with Gasteiger partial charge in [0.25, 0.3) is 0 Å². The highest BCUT2D eigenvalue weighted by atomic mass is 16.5. The predicted molar refractivity (Wildman–Crippen MR) is 135 cm³/mol. The summed E-state index contributed by atoms with van der Waals surface area (Å²) in [5.74, 6) is 0.462. The van der Waals surface area contributed by atoms with E-state index in [1.165, 1.54) is 31.2 Å². The molecule has 3 aromatic rings. The number of H-pyrrole nitrogens is 1. The number of hydrogen-bond acceptors (Lipinski definition) is 7. The lowest BCUT2D eigenvalue weighted by Crippen LogP contribution is -2.59. The Kier molecular flexibility index (Phi) is 6.19. The third kappa shape index (κ3) is 4.14. The van der Waals surface area contributed by atoms with E-state index in [1.54, 1.807) is 30.6 Å². The number of nitrogens with zero attached hydrogens (tertiary/aromatic N) is 4. The third-order valence-corrected chi connectivity index (χ3v) is 7.58. The van der Waals surface area contributed by atoms with Gasteiger partial charge in [-0.2, -0.15) is 0 Å². The molecule has 9 heteroatoms. The van der Waals surface area contributed by atoms with E-state index in [0.29, 0.717) is 37.2 Å². The lowest BCUT2D eigenvalue weighted by Gasteiger charge is -2.45. The summed E-state index contributed by atoms with van der Waals surface area (Å²) in [5.41, 5.74) is 3.88. The standard InChI is InChI=1S/C26H32N6O3/c1-31(2)26(25(34)29-18-8-6-7-17(15-18)24(33)35-3)11-13-32(14-12-26)23-21-19-9-4-5-10-20(19)30-22(21)27-16-28-23/h6-8,15-16H,4-5,9-14H2,1-3H3,(H,29,34)(H,27,28,30). The van der Waals surface area contributed by atoms with Crippen molar-refractivity contribution in [2.45, 2.75) is 44.1 Å². The molecule has 0 atom stereocenters. The highest BCUT2D eigenvalue weighted by Crippen LogP contribution is 2.37. The molecule has 5 rings (SSSR count). The van der Waals surface area contributed by atoms with Gasteiger partial charge in [-0.15, -0.1) is 0 Å². The zero-order valence-corrected chi connectivity index (χ0v) is 20.6. The maximum atomic E-state index is 13.6. The Morgan fingerprint density at radius 2 is 1.91 bits per heavy atom. The van der Waals surface area contributed by atoms with Crippen LogP contribution in [0.25, 0.3) is 11.0 Å². The molecular formula is C26H32N6O3. The molecule has 184 valence electrons. The summed E-state index contributed by atoms with van der Waals surface area (Å²) in [7, 11) is 5.24. The van der Waals surface area contributed by atoms with Crippen LogP contribution in [0.3, 0.4) is 0 Å². The number of rotatable bonds is 5. The number of carbonyl (C=O) groups excluding carboxylic acids is 2. The van der Waals surface area contributed by atoms with Crippen LogP contribution in [-0.2, 0) is 22.4 Å². The number of aryl methyl sites for hydroxylation is 2. The van der Waals surface area contributed by atoms with E-state index in [4.69, 9.17) is 4.74 Å². The summed E-state index contributed by atoms with van der Waals surface area (Å²) in [6, 6.07) is 6.85. The van der Waals surface area contributed by atoms with Crippen LogP contribution in [0.5, 0.6) is 0 Å². The van der Waals surface area contributed by atoms with Crippen LogP contribution >= 0.6 is 0 Å². The van der Waals surface area contributed by atoms with Crippen molar-refractivity contribution in [1.82, 2.24) is 19.9 Å². The maximum Gasteiger partial charge on any atom is 0.337 e. The lowest BCUT2D eigenvalue weighted by molar-refractivity contribution is -0.128. The SMILES string of the molecule is COC(=O)c1cccc(NC(=O)C2(N(C)C)CCN(c3ncnc4[nH]c5c(c34)CCCC5)CC2)c1. The van der Waals surface area contributed by atoms with Crippen molar-refractivity contribution in [2.24, 2.45) is 0 Å². The molecule has 0 unspecified atom stereocenters. The second-order valence-corrected chi connectivity index (χ2v) is 9.65. The molecule has 1 aliphatic carbocycles. The van der Waals surface area contributed by atoms with Crippen LogP contribution in [0.2, 0.25) is 0 Å². The number of ether oxygens (including phenoxy) is 1. The van der Waals surface area contributed by atoms with E-state index < -0.39 is 11.5 Å². The highest BCUT2D eigenvalue weighted by molar-refractivity contribution is 6.00. The number of benzene rings is 1. The molecule has 3 heterocycles. The van der Waals surface area contributed by atoms with Crippen LogP contribution in [0.1, 0.15) is 47.3 Å². The Labute approximate surface area is 204 Å². The topological polar surface area (TPSA) is 103 Å². The number of aromatic nitrogens is 3. The van der Waals surface area contributed by atoms with E-state index in [-0.39, 0.29) is 5.91 Å². The molecule has 0 bridgehead atoms. The fourth-order valence-corrected chi connectivity index (χ4v) is 5.51. The van der Waals surface area contributed by atoms with Gasteiger partial charge in [-0.25, -0.2) is 14.8 Å². The summed E-state index contributed by atoms with van der Waals surface area (Å²) in [6.07, 6.45) is 7.45. The number of amides is 1. The summed E-state index contributed by atoms with van der Waals surface area (Å²) in [4.78, 5) is 42.5. The van der Waals surface area contributed by atoms with Crippen LogP contribution in [0, 0.1) is 0 Å². The Morgan fingerprint density at radius 1 is 1.14 bits per heavy atom. The van der Waals surface area contributed by atoms with Gasteiger partial charge in [0.15, 0.2) is 0 Å². The van der Waals surface area contributed by atoms with Crippen molar-refractivity contribution in [3.8, 4) is 0 Å². The smallest absolute Gasteiger partial charge is 0.337 e. The number of methoxy groups -OCH3 is 1. The van der Waals surface area contributed by atoms with E-state index in [2.05, 4.69) is 25.2 Å². The first-order valence-electron chi connectivity index (χ1n) is 12.2. The maximum absolute atomic E-state index is 13.6. The molecule has 0 radical (unpaired) electrons. The van der Waals surface area contributed by atoms with Gasteiger partial charge in [0.2, 0.25) is 5.91 Å². The first-order valence-corrected chi connectivity index (χ1v) is 12.2. The number of nitrogens with one attached hydrogen (secondary N) is 2. The Hall–Kier alpha value is -3.46. The number of piperidine rings is 1. The average molecular weight is 477 g/mol.